The van der Waals surface area contributed by atoms with Crippen LogP contribution in [0.2, 0.25) is 0 Å². The van der Waals surface area contributed by atoms with E-state index in [-0.39, 0.29) is 0 Å². The maximum Gasteiger partial charge on any atom is 0.0346 e. The van der Waals surface area contributed by atoms with Gasteiger partial charge in [0.25, 0.3) is 0 Å². The summed E-state index contributed by atoms with van der Waals surface area (Å²) in [4.78, 5) is 4.15. The van der Waals surface area contributed by atoms with Gasteiger partial charge in [0.2, 0.25) is 0 Å². The number of hydrogen-bond donors (Lipinski definition) is 0. The first-order valence-electron chi connectivity index (χ1n) is 5.51. The fraction of sp³-hybridized carbons (Fsp3) is 0.357. The minimum absolute atomic E-state index is 1.04. The van der Waals surface area contributed by atoms with E-state index in [1.54, 1.807) is 0 Å². The van der Waals surface area contributed by atoms with E-state index in [0.717, 1.165) is 17.6 Å². The standard InChI is InChI=1S/C14H19N/c1-4-5-6-7-8-13(3)14-9-12(2)10-15-11-14/h7-11H,3-6H2,1-2H3/b8-7-. The van der Waals surface area contributed by atoms with E-state index in [2.05, 4.69) is 36.7 Å². The van der Waals surface area contributed by atoms with Crippen molar-refractivity contribution in [2.24, 2.45) is 0 Å². The Morgan fingerprint density at radius 1 is 1.47 bits per heavy atom. The van der Waals surface area contributed by atoms with Crippen molar-refractivity contribution in [1.82, 2.24) is 4.98 Å². The number of allylic oxidation sites excluding steroid dienone is 3. The third kappa shape index (κ3) is 4.11. The van der Waals surface area contributed by atoms with Crippen LogP contribution in [0, 0.1) is 6.92 Å². The van der Waals surface area contributed by atoms with Gasteiger partial charge in [-0.2, -0.15) is 0 Å². The van der Waals surface area contributed by atoms with Crippen molar-refractivity contribution in [2.45, 2.75) is 33.1 Å². The Hall–Kier alpha value is -1.37. The van der Waals surface area contributed by atoms with Crippen LogP contribution in [0.15, 0.2) is 37.2 Å². The topological polar surface area (TPSA) is 12.9 Å². The van der Waals surface area contributed by atoms with Crippen LogP contribution in [0.1, 0.15) is 37.3 Å². The predicted molar refractivity (Wildman–Crippen MR) is 66.7 cm³/mol. The molecule has 0 aromatic carbocycles. The van der Waals surface area contributed by atoms with E-state index in [1.165, 1.54) is 18.4 Å². The van der Waals surface area contributed by atoms with Crippen molar-refractivity contribution in [3.8, 4) is 0 Å². The molecule has 0 fully saturated rings. The lowest BCUT2D eigenvalue weighted by atomic mass is 10.1. The number of pyridine rings is 1. The minimum Gasteiger partial charge on any atom is -0.264 e. The van der Waals surface area contributed by atoms with Crippen LogP contribution in [0.4, 0.5) is 0 Å². The van der Waals surface area contributed by atoms with Crippen LogP contribution in [0.25, 0.3) is 5.57 Å². The van der Waals surface area contributed by atoms with Crippen LogP contribution in [0.3, 0.4) is 0 Å². The summed E-state index contributed by atoms with van der Waals surface area (Å²) in [7, 11) is 0. The molecular formula is C14H19N. The number of rotatable bonds is 5. The van der Waals surface area contributed by atoms with Gasteiger partial charge in [0.05, 0.1) is 0 Å². The second kappa shape index (κ2) is 6.18. The van der Waals surface area contributed by atoms with Crippen molar-refractivity contribution in [1.29, 1.82) is 0 Å². The zero-order valence-corrected chi connectivity index (χ0v) is 9.66. The Bertz CT molecular complexity index is 350. The molecule has 0 unspecified atom stereocenters. The van der Waals surface area contributed by atoms with E-state index in [9.17, 15) is 0 Å². The van der Waals surface area contributed by atoms with Gasteiger partial charge < -0.3 is 0 Å². The molecule has 80 valence electrons. The Labute approximate surface area is 92.6 Å². The molecule has 1 heterocycles. The van der Waals surface area contributed by atoms with Gasteiger partial charge >= 0.3 is 0 Å². The molecule has 0 spiro atoms. The lowest BCUT2D eigenvalue weighted by molar-refractivity contribution is 0.815. The molecule has 0 radical (unpaired) electrons. The average molecular weight is 201 g/mol. The van der Waals surface area contributed by atoms with Crippen molar-refractivity contribution < 1.29 is 0 Å². The third-order valence-electron chi connectivity index (χ3n) is 2.29. The lowest BCUT2D eigenvalue weighted by Crippen LogP contribution is -1.83. The highest BCUT2D eigenvalue weighted by Crippen LogP contribution is 2.14. The Morgan fingerprint density at radius 3 is 2.93 bits per heavy atom. The second-order valence-electron chi connectivity index (χ2n) is 3.82. The van der Waals surface area contributed by atoms with Crippen molar-refractivity contribution in [3.05, 3.63) is 48.3 Å². The molecule has 0 atom stereocenters. The summed E-state index contributed by atoms with van der Waals surface area (Å²) in [6.07, 6.45) is 11.6. The first kappa shape index (κ1) is 11.7. The second-order valence-corrected chi connectivity index (χ2v) is 3.82. The smallest absolute Gasteiger partial charge is 0.0346 e. The van der Waals surface area contributed by atoms with Gasteiger partial charge in [0, 0.05) is 12.4 Å². The summed E-state index contributed by atoms with van der Waals surface area (Å²) in [5.74, 6) is 0. The van der Waals surface area contributed by atoms with Crippen LogP contribution in [0.5, 0.6) is 0 Å². The Morgan fingerprint density at radius 2 is 2.27 bits per heavy atom. The summed E-state index contributed by atoms with van der Waals surface area (Å²) in [6, 6.07) is 2.11. The fourth-order valence-corrected chi connectivity index (χ4v) is 1.37. The molecule has 0 N–H and O–H groups in total. The molecule has 15 heavy (non-hydrogen) atoms. The molecule has 1 rings (SSSR count). The first-order valence-corrected chi connectivity index (χ1v) is 5.51. The monoisotopic (exact) mass is 201 g/mol. The highest BCUT2D eigenvalue weighted by atomic mass is 14.6. The van der Waals surface area contributed by atoms with E-state index in [0.29, 0.717) is 0 Å². The predicted octanol–water partition coefficient (Wildman–Crippen LogP) is 4.15. The zero-order valence-electron chi connectivity index (χ0n) is 9.66. The maximum absolute atomic E-state index is 4.15. The quantitative estimate of drug-likeness (QED) is 0.515. The van der Waals surface area contributed by atoms with Gasteiger partial charge in [-0.1, -0.05) is 38.5 Å². The molecule has 1 aromatic heterocycles. The summed E-state index contributed by atoms with van der Waals surface area (Å²) in [6.45, 7) is 8.28. The number of unbranched alkanes of at least 4 members (excludes halogenated alkanes) is 2. The largest absolute Gasteiger partial charge is 0.264 e. The molecule has 0 aliphatic rings. The van der Waals surface area contributed by atoms with Gasteiger partial charge in [-0.05, 0) is 36.1 Å². The van der Waals surface area contributed by atoms with E-state index >= 15 is 0 Å². The molecule has 0 saturated carbocycles. The summed E-state index contributed by atoms with van der Waals surface area (Å²) in [5.41, 5.74) is 3.33. The molecule has 1 heteroatoms. The number of nitrogens with zero attached hydrogens (tertiary/aromatic N) is 1. The molecule has 1 aromatic rings. The Balaban J connectivity index is 2.57. The Kier molecular flexibility index (Phi) is 4.82. The molecule has 0 aliphatic carbocycles. The molecule has 0 bridgehead atoms. The van der Waals surface area contributed by atoms with E-state index in [1.807, 2.05) is 19.3 Å². The maximum atomic E-state index is 4.15. The summed E-state index contributed by atoms with van der Waals surface area (Å²) < 4.78 is 0. The highest BCUT2D eigenvalue weighted by molar-refractivity contribution is 5.71. The van der Waals surface area contributed by atoms with Gasteiger partial charge in [-0.3, -0.25) is 4.98 Å². The normalized spacial score (nSPS) is 10.8. The van der Waals surface area contributed by atoms with Crippen molar-refractivity contribution in [3.63, 3.8) is 0 Å². The summed E-state index contributed by atoms with van der Waals surface area (Å²) in [5, 5.41) is 0. The lowest BCUT2D eigenvalue weighted by Gasteiger charge is -2.00. The van der Waals surface area contributed by atoms with Crippen LogP contribution < -0.4 is 0 Å². The van der Waals surface area contributed by atoms with Gasteiger partial charge in [0.15, 0.2) is 0 Å². The third-order valence-corrected chi connectivity index (χ3v) is 2.29. The number of aromatic nitrogens is 1. The SMILES string of the molecule is C=C(/C=C\CCCC)c1cncc(C)c1. The van der Waals surface area contributed by atoms with Crippen molar-refractivity contribution >= 4 is 5.57 Å². The fourth-order valence-electron chi connectivity index (χ4n) is 1.37. The molecule has 0 amide bonds. The molecular weight excluding hydrogens is 182 g/mol. The van der Waals surface area contributed by atoms with Crippen LogP contribution in [-0.2, 0) is 0 Å². The van der Waals surface area contributed by atoms with Crippen LogP contribution in [-0.4, -0.2) is 4.98 Å². The van der Waals surface area contributed by atoms with Gasteiger partial charge in [-0.25, -0.2) is 0 Å². The van der Waals surface area contributed by atoms with Crippen molar-refractivity contribution in [2.75, 3.05) is 0 Å². The first-order chi connectivity index (χ1) is 7.24. The highest BCUT2D eigenvalue weighted by Gasteiger charge is 1.95. The van der Waals surface area contributed by atoms with Crippen LogP contribution >= 0.6 is 0 Å². The van der Waals surface area contributed by atoms with E-state index < -0.39 is 0 Å². The average Bonchev–Trinajstić information content (AvgIpc) is 2.24. The zero-order chi connectivity index (χ0) is 11.1. The number of hydrogen-bond acceptors (Lipinski definition) is 1. The summed E-state index contributed by atoms with van der Waals surface area (Å²) >= 11 is 0. The minimum atomic E-state index is 1.04. The number of aryl methyl sites for hydroxylation is 1. The van der Waals surface area contributed by atoms with E-state index in [4.69, 9.17) is 0 Å². The molecule has 0 saturated heterocycles. The molecule has 0 aliphatic heterocycles. The molecule has 1 nitrogen and oxygen atoms in total. The van der Waals surface area contributed by atoms with Gasteiger partial charge in [-0.15, -0.1) is 0 Å². The van der Waals surface area contributed by atoms with Gasteiger partial charge in [0.1, 0.15) is 0 Å².